The number of hydrogen-bond donors (Lipinski definition) is 1. The molecule has 142 valence electrons. The molecular weight excluding hydrogens is 351 g/mol. The lowest BCUT2D eigenvalue weighted by molar-refractivity contribution is -0.384. The zero-order valence-corrected chi connectivity index (χ0v) is 15.0. The number of nitro benzene ring substituents is 1. The van der Waals surface area contributed by atoms with E-state index in [9.17, 15) is 19.3 Å². The Morgan fingerprint density at radius 3 is 2.56 bits per heavy atom. The fourth-order valence-electron chi connectivity index (χ4n) is 3.04. The Morgan fingerprint density at radius 2 is 1.89 bits per heavy atom. The molecule has 3 rings (SSSR count). The minimum atomic E-state index is -0.480. The molecule has 0 aliphatic carbocycles. The first kappa shape index (κ1) is 18.8. The van der Waals surface area contributed by atoms with Gasteiger partial charge in [0.2, 0.25) is 0 Å². The zero-order valence-electron chi connectivity index (χ0n) is 15.0. The highest BCUT2D eigenvalue weighted by atomic mass is 19.1. The van der Waals surface area contributed by atoms with Gasteiger partial charge in [0.1, 0.15) is 11.5 Å². The normalized spacial score (nSPS) is 14.8. The van der Waals surface area contributed by atoms with Crippen LogP contribution in [0.3, 0.4) is 0 Å². The lowest BCUT2D eigenvalue weighted by Crippen LogP contribution is -2.44. The Bertz CT molecular complexity index is 851. The van der Waals surface area contributed by atoms with Crippen molar-refractivity contribution in [2.75, 3.05) is 38.1 Å². The number of nitro groups is 1. The standard InChI is InChI=1S/C19H21FN4O3/c1-22-8-10-23(11-9-22)17-7-6-14(12-18(17)24(26)27)19(25)21-13-15-4-2-3-5-16(15)20/h2-7,12H,8-11,13H2,1H3,(H,21,25). The summed E-state index contributed by atoms with van der Waals surface area (Å²) in [5.74, 6) is -0.888. The first-order valence-corrected chi connectivity index (χ1v) is 8.69. The highest BCUT2D eigenvalue weighted by Gasteiger charge is 2.24. The molecule has 1 N–H and O–H groups in total. The number of anilines is 1. The number of carbonyl (C=O) groups excluding carboxylic acids is 1. The lowest BCUT2D eigenvalue weighted by Gasteiger charge is -2.33. The predicted octanol–water partition coefficient (Wildman–Crippen LogP) is 2.42. The molecule has 27 heavy (non-hydrogen) atoms. The number of piperazine rings is 1. The molecule has 0 unspecified atom stereocenters. The van der Waals surface area contributed by atoms with Crippen LogP contribution in [0.25, 0.3) is 0 Å². The van der Waals surface area contributed by atoms with Crippen molar-refractivity contribution in [2.24, 2.45) is 0 Å². The molecule has 1 saturated heterocycles. The molecule has 0 spiro atoms. The van der Waals surface area contributed by atoms with Crippen LogP contribution in [0.4, 0.5) is 15.8 Å². The van der Waals surface area contributed by atoms with Crippen LogP contribution in [0.15, 0.2) is 42.5 Å². The van der Waals surface area contributed by atoms with E-state index >= 15 is 0 Å². The van der Waals surface area contributed by atoms with Gasteiger partial charge in [-0.25, -0.2) is 4.39 Å². The first-order chi connectivity index (χ1) is 13.0. The van der Waals surface area contributed by atoms with E-state index in [0.29, 0.717) is 24.3 Å². The topological polar surface area (TPSA) is 78.7 Å². The van der Waals surface area contributed by atoms with Gasteiger partial charge in [-0.15, -0.1) is 0 Å². The molecule has 1 amide bonds. The summed E-state index contributed by atoms with van der Waals surface area (Å²) in [6, 6.07) is 10.6. The van der Waals surface area contributed by atoms with Crippen molar-refractivity contribution >= 4 is 17.3 Å². The summed E-state index contributed by atoms with van der Waals surface area (Å²) < 4.78 is 13.6. The number of likely N-dealkylation sites (N-methyl/N-ethyl adjacent to an activating group) is 1. The molecule has 8 heteroatoms. The van der Waals surface area contributed by atoms with Gasteiger partial charge in [0.05, 0.1) is 4.92 Å². The maximum Gasteiger partial charge on any atom is 0.293 e. The third-order valence-corrected chi connectivity index (χ3v) is 4.68. The Morgan fingerprint density at radius 1 is 1.19 bits per heavy atom. The number of rotatable bonds is 5. The molecule has 0 bridgehead atoms. The van der Waals surface area contributed by atoms with Gasteiger partial charge in [0.25, 0.3) is 11.6 Å². The second-order valence-electron chi connectivity index (χ2n) is 6.53. The maximum absolute atomic E-state index is 13.6. The SMILES string of the molecule is CN1CCN(c2ccc(C(=O)NCc3ccccc3F)cc2[N+](=O)[O-])CC1. The van der Waals surface area contributed by atoms with Crippen LogP contribution in [0.1, 0.15) is 15.9 Å². The quantitative estimate of drug-likeness (QED) is 0.644. The van der Waals surface area contributed by atoms with Crippen molar-refractivity contribution in [2.45, 2.75) is 6.54 Å². The summed E-state index contributed by atoms with van der Waals surface area (Å²) in [5.41, 5.74) is 0.946. The second kappa shape index (κ2) is 8.13. The van der Waals surface area contributed by atoms with Crippen LogP contribution in [-0.2, 0) is 6.54 Å². The van der Waals surface area contributed by atoms with Crippen molar-refractivity contribution in [1.82, 2.24) is 10.2 Å². The van der Waals surface area contributed by atoms with Gasteiger partial charge < -0.3 is 15.1 Å². The molecule has 0 saturated carbocycles. The van der Waals surface area contributed by atoms with Crippen LogP contribution in [0, 0.1) is 15.9 Å². The summed E-state index contributed by atoms with van der Waals surface area (Å²) in [6.07, 6.45) is 0. The van der Waals surface area contributed by atoms with E-state index in [1.165, 1.54) is 12.1 Å². The fraction of sp³-hybridized carbons (Fsp3) is 0.316. The molecule has 0 atom stereocenters. The third kappa shape index (κ3) is 4.40. The third-order valence-electron chi connectivity index (χ3n) is 4.68. The van der Waals surface area contributed by atoms with Gasteiger partial charge in [-0.3, -0.25) is 14.9 Å². The molecule has 1 fully saturated rings. The summed E-state index contributed by atoms with van der Waals surface area (Å²) in [5, 5.41) is 14.1. The van der Waals surface area contributed by atoms with Gasteiger partial charge in [-0.1, -0.05) is 18.2 Å². The van der Waals surface area contributed by atoms with Crippen molar-refractivity contribution in [1.29, 1.82) is 0 Å². The number of amides is 1. The van der Waals surface area contributed by atoms with E-state index in [0.717, 1.165) is 13.1 Å². The van der Waals surface area contributed by atoms with Gasteiger partial charge in [-0.05, 0) is 25.2 Å². The largest absolute Gasteiger partial charge is 0.363 e. The molecule has 2 aromatic carbocycles. The second-order valence-corrected chi connectivity index (χ2v) is 6.53. The molecule has 7 nitrogen and oxygen atoms in total. The summed E-state index contributed by atoms with van der Waals surface area (Å²) in [4.78, 5) is 27.5. The maximum atomic E-state index is 13.6. The summed E-state index contributed by atoms with van der Waals surface area (Å²) in [6.45, 7) is 3.04. The van der Waals surface area contributed by atoms with Gasteiger partial charge >= 0.3 is 0 Å². The van der Waals surface area contributed by atoms with Crippen molar-refractivity contribution in [3.63, 3.8) is 0 Å². The molecule has 0 radical (unpaired) electrons. The average molecular weight is 372 g/mol. The van der Waals surface area contributed by atoms with E-state index in [2.05, 4.69) is 10.2 Å². The molecule has 0 aromatic heterocycles. The summed E-state index contributed by atoms with van der Waals surface area (Å²) >= 11 is 0. The predicted molar refractivity (Wildman–Crippen MR) is 100 cm³/mol. The summed E-state index contributed by atoms with van der Waals surface area (Å²) in [7, 11) is 2.01. The van der Waals surface area contributed by atoms with E-state index < -0.39 is 16.6 Å². The van der Waals surface area contributed by atoms with Crippen LogP contribution in [0.5, 0.6) is 0 Å². The highest BCUT2D eigenvalue weighted by molar-refractivity contribution is 5.95. The number of nitrogens with one attached hydrogen (secondary N) is 1. The molecule has 1 aliphatic rings. The average Bonchev–Trinajstić information content (AvgIpc) is 2.67. The first-order valence-electron chi connectivity index (χ1n) is 8.69. The van der Waals surface area contributed by atoms with Gasteiger partial charge in [0, 0.05) is 49.9 Å². The van der Waals surface area contributed by atoms with Crippen LogP contribution in [-0.4, -0.2) is 49.0 Å². The Balaban J connectivity index is 1.76. The number of halogens is 1. The van der Waals surface area contributed by atoms with Crippen molar-refractivity contribution in [3.05, 3.63) is 69.5 Å². The Hall–Kier alpha value is -3.00. The van der Waals surface area contributed by atoms with Gasteiger partial charge in [0.15, 0.2) is 0 Å². The molecular formula is C19H21FN4O3. The van der Waals surface area contributed by atoms with Crippen LogP contribution < -0.4 is 10.2 Å². The monoisotopic (exact) mass is 372 g/mol. The number of hydrogen-bond acceptors (Lipinski definition) is 5. The van der Waals surface area contributed by atoms with Gasteiger partial charge in [-0.2, -0.15) is 0 Å². The highest BCUT2D eigenvalue weighted by Crippen LogP contribution is 2.30. The molecule has 1 heterocycles. The van der Waals surface area contributed by atoms with E-state index in [4.69, 9.17) is 0 Å². The van der Waals surface area contributed by atoms with Crippen molar-refractivity contribution < 1.29 is 14.1 Å². The van der Waals surface area contributed by atoms with E-state index in [-0.39, 0.29) is 17.8 Å². The number of carbonyl (C=O) groups is 1. The Labute approximate surface area is 156 Å². The molecule has 2 aromatic rings. The minimum Gasteiger partial charge on any atom is -0.363 e. The fourth-order valence-corrected chi connectivity index (χ4v) is 3.04. The Kier molecular flexibility index (Phi) is 5.66. The molecule has 1 aliphatic heterocycles. The number of nitrogens with zero attached hydrogens (tertiary/aromatic N) is 3. The number of benzene rings is 2. The lowest BCUT2D eigenvalue weighted by atomic mass is 10.1. The minimum absolute atomic E-state index is 0.0134. The van der Waals surface area contributed by atoms with Crippen LogP contribution >= 0.6 is 0 Å². The van der Waals surface area contributed by atoms with E-state index in [1.54, 1.807) is 30.3 Å². The zero-order chi connectivity index (χ0) is 19.4. The smallest absolute Gasteiger partial charge is 0.293 e. The van der Waals surface area contributed by atoms with Crippen molar-refractivity contribution in [3.8, 4) is 0 Å². The van der Waals surface area contributed by atoms with Crippen LogP contribution in [0.2, 0.25) is 0 Å². The van der Waals surface area contributed by atoms with E-state index in [1.807, 2.05) is 11.9 Å².